The number of hydrogen-bond acceptors (Lipinski definition) is 5. The van der Waals surface area contributed by atoms with Crippen molar-refractivity contribution in [3.8, 4) is 0 Å². The van der Waals surface area contributed by atoms with E-state index in [9.17, 15) is 9.59 Å². The maximum Gasteiger partial charge on any atom is 0.349 e. The average molecular weight is 445 g/mol. The normalized spacial score (nSPS) is 12.2. The second-order valence-electron chi connectivity index (χ2n) is 7.26. The highest BCUT2D eigenvalue weighted by Crippen LogP contribution is 2.25. The Labute approximate surface area is 187 Å². The molecule has 0 aliphatic carbocycles. The highest BCUT2D eigenvalue weighted by Gasteiger charge is 2.16. The molecule has 0 aliphatic rings. The summed E-state index contributed by atoms with van der Waals surface area (Å²) in [7, 11) is 0. The lowest BCUT2D eigenvalue weighted by atomic mass is 10.0. The lowest BCUT2D eigenvalue weighted by Crippen LogP contribution is -2.21. The minimum atomic E-state index is -0.691. The number of para-hydroxylation sites is 1. The molecule has 0 fully saturated rings. The number of carbonyl (C=O) groups excluding carboxylic acids is 1. The van der Waals surface area contributed by atoms with Gasteiger partial charge in [-0.25, -0.2) is 4.79 Å². The average Bonchev–Trinajstić information content (AvgIpc) is 3.15. The Bertz CT molecular complexity index is 1590. The molecule has 2 aromatic heterocycles. The number of amides is 1. The predicted molar refractivity (Wildman–Crippen MR) is 126 cm³/mol. The van der Waals surface area contributed by atoms with Crippen LogP contribution in [0.3, 0.4) is 0 Å². The van der Waals surface area contributed by atoms with E-state index >= 15 is 0 Å². The van der Waals surface area contributed by atoms with Gasteiger partial charge >= 0.3 is 5.63 Å². The summed E-state index contributed by atoms with van der Waals surface area (Å²) >= 11 is 1.40. The summed E-state index contributed by atoms with van der Waals surface area (Å²) < 4.78 is 13.9. The second-order valence-corrected chi connectivity index (χ2v) is 8.27. The molecule has 3 aromatic carbocycles. The SMILES string of the molecule is CCOCCn1c(=NC(=O)c2cc3c(ccc4ccccc43)oc2=O)sc2ccccc21. The van der Waals surface area contributed by atoms with Crippen molar-refractivity contribution in [1.82, 2.24) is 4.57 Å². The first-order chi connectivity index (χ1) is 15.7. The number of aromatic nitrogens is 1. The molecule has 32 heavy (non-hydrogen) atoms. The monoisotopic (exact) mass is 444 g/mol. The molecule has 0 radical (unpaired) electrons. The molecule has 7 heteroatoms. The molecule has 5 aromatic rings. The van der Waals surface area contributed by atoms with Crippen LogP contribution in [0.5, 0.6) is 0 Å². The summed E-state index contributed by atoms with van der Waals surface area (Å²) in [4.78, 5) is 30.5. The summed E-state index contributed by atoms with van der Waals surface area (Å²) in [6.45, 7) is 3.61. The molecular formula is C25H20N2O4S. The van der Waals surface area contributed by atoms with Gasteiger partial charge < -0.3 is 13.7 Å². The van der Waals surface area contributed by atoms with Gasteiger partial charge in [0.2, 0.25) is 0 Å². The Hall–Kier alpha value is -3.55. The molecule has 0 unspecified atom stereocenters. The van der Waals surface area contributed by atoms with E-state index in [1.54, 1.807) is 12.1 Å². The standard InChI is InChI=1S/C25H20N2O4S/c1-2-30-14-13-27-20-9-5-6-10-22(20)32-25(27)26-23(28)19-15-18-17-8-4-3-7-16(17)11-12-21(18)31-24(19)29/h3-12,15H,2,13-14H2,1H3. The van der Waals surface area contributed by atoms with Gasteiger partial charge in [0, 0.05) is 18.5 Å². The van der Waals surface area contributed by atoms with E-state index in [1.807, 2.05) is 66.1 Å². The molecule has 6 nitrogen and oxygen atoms in total. The van der Waals surface area contributed by atoms with E-state index in [0.717, 1.165) is 21.0 Å². The highest BCUT2D eigenvalue weighted by atomic mass is 32.1. The van der Waals surface area contributed by atoms with Crippen molar-refractivity contribution >= 4 is 49.2 Å². The first-order valence-electron chi connectivity index (χ1n) is 10.4. The van der Waals surface area contributed by atoms with Gasteiger partial charge in [0.1, 0.15) is 11.1 Å². The molecule has 0 saturated carbocycles. The van der Waals surface area contributed by atoms with Crippen LogP contribution in [-0.4, -0.2) is 23.7 Å². The fourth-order valence-electron chi connectivity index (χ4n) is 3.79. The Kier molecular flexibility index (Phi) is 5.43. The number of nitrogens with zero attached hydrogens (tertiary/aromatic N) is 2. The van der Waals surface area contributed by atoms with E-state index < -0.39 is 11.5 Å². The van der Waals surface area contributed by atoms with Crippen molar-refractivity contribution in [2.24, 2.45) is 4.99 Å². The third-order valence-corrected chi connectivity index (χ3v) is 6.38. The number of fused-ring (bicyclic) bond motifs is 4. The van der Waals surface area contributed by atoms with E-state index in [2.05, 4.69) is 4.99 Å². The lowest BCUT2D eigenvalue weighted by molar-refractivity contribution is 0.0993. The minimum absolute atomic E-state index is 0.0809. The third kappa shape index (κ3) is 3.66. The molecule has 2 heterocycles. The molecule has 1 amide bonds. The molecule has 0 saturated heterocycles. The van der Waals surface area contributed by atoms with Crippen LogP contribution < -0.4 is 10.4 Å². The smallest absolute Gasteiger partial charge is 0.349 e. The molecule has 0 atom stereocenters. The molecule has 0 bridgehead atoms. The molecule has 0 spiro atoms. The number of benzene rings is 3. The number of thiazole rings is 1. The van der Waals surface area contributed by atoms with Crippen LogP contribution in [0.1, 0.15) is 17.3 Å². The predicted octanol–water partition coefficient (Wildman–Crippen LogP) is 4.74. The van der Waals surface area contributed by atoms with Crippen molar-refractivity contribution in [2.45, 2.75) is 13.5 Å². The van der Waals surface area contributed by atoms with E-state index in [1.165, 1.54) is 11.3 Å². The van der Waals surface area contributed by atoms with Crippen LogP contribution in [0.2, 0.25) is 0 Å². The molecule has 160 valence electrons. The van der Waals surface area contributed by atoms with Crippen LogP contribution in [-0.2, 0) is 11.3 Å². The van der Waals surface area contributed by atoms with Crippen molar-refractivity contribution < 1.29 is 13.9 Å². The summed E-state index contributed by atoms with van der Waals surface area (Å²) in [6, 6.07) is 20.9. The van der Waals surface area contributed by atoms with Crippen LogP contribution in [0.4, 0.5) is 0 Å². The Balaban J connectivity index is 1.65. The zero-order valence-corrected chi connectivity index (χ0v) is 18.2. The zero-order valence-electron chi connectivity index (χ0n) is 17.4. The minimum Gasteiger partial charge on any atom is -0.422 e. The van der Waals surface area contributed by atoms with Gasteiger partial charge in [-0.1, -0.05) is 53.8 Å². The van der Waals surface area contributed by atoms with Gasteiger partial charge in [-0.15, -0.1) is 0 Å². The van der Waals surface area contributed by atoms with Gasteiger partial charge in [0.15, 0.2) is 4.80 Å². The van der Waals surface area contributed by atoms with Crippen molar-refractivity contribution in [3.63, 3.8) is 0 Å². The summed E-state index contributed by atoms with van der Waals surface area (Å²) in [6.07, 6.45) is 0. The molecular weight excluding hydrogens is 424 g/mol. The first kappa shape index (κ1) is 20.4. The largest absolute Gasteiger partial charge is 0.422 e. The van der Waals surface area contributed by atoms with Gasteiger partial charge in [0.05, 0.1) is 16.8 Å². The van der Waals surface area contributed by atoms with Gasteiger partial charge in [-0.3, -0.25) is 4.79 Å². The van der Waals surface area contributed by atoms with Crippen LogP contribution in [0, 0.1) is 0 Å². The number of ether oxygens (including phenoxy) is 1. The topological polar surface area (TPSA) is 73.8 Å². The lowest BCUT2D eigenvalue weighted by Gasteiger charge is -2.05. The van der Waals surface area contributed by atoms with E-state index in [-0.39, 0.29) is 5.56 Å². The number of carbonyl (C=O) groups is 1. The third-order valence-electron chi connectivity index (χ3n) is 5.32. The van der Waals surface area contributed by atoms with Gasteiger partial charge in [-0.05, 0) is 42.0 Å². The number of rotatable bonds is 5. The maximum absolute atomic E-state index is 13.1. The quantitative estimate of drug-likeness (QED) is 0.223. The van der Waals surface area contributed by atoms with E-state index in [0.29, 0.717) is 35.5 Å². The van der Waals surface area contributed by atoms with Crippen molar-refractivity contribution in [2.75, 3.05) is 13.2 Å². The van der Waals surface area contributed by atoms with Crippen LogP contribution >= 0.6 is 11.3 Å². The summed E-state index contributed by atoms with van der Waals surface area (Å²) in [5, 5.41) is 2.63. The Morgan fingerprint density at radius 2 is 1.88 bits per heavy atom. The fourth-order valence-corrected chi connectivity index (χ4v) is 4.84. The van der Waals surface area contributed by atoms with Gasteiger partial charge in [0.25, 0.3) is 5.91 Å². The van der Waals surface area contributed by atoms with Gasteiger partial charge in [-0.2, -0.15) is 4.99 Å². The second kappa shape index (κ2) is 8.53. The molecule has 0 N–H and O–H groups in total. The van der Waals surface area contributed by atoms with Crippen LogP contribution in [0.15, 0.2) is 80.9 Å². The Morgan fingerprint density at radius 1 is 1.06 bits per heavy atom. The Morgan fingerprint density at radius 3 is 2.75 bits per heavy atom. The van der Waals surface area contributed by atoms with Crippen molar-refractivity contribution in [3.05, 3.63) is 87.5 Å². The first-order valence-corrected chi connectivity index (χ1v) is 11.2. The van der Waals surface area contributed by atoms with E-state index in [4.69, 9.17) is 9.15 Å². The van der Waals surface area contributed by atoms with Crippen LogP contribution in [0.25, 0.3) is 32.0 Å². The fraction of sp³-hybridized carbons (Fsp3) is 0.160. The zero-order chi connectivity index (χ0) is 22.1. The van der Waals surface area contributed by atoms with Crippen molar-refractivity contribution in [1.29, 1.82) is 0 Å². The summed E-state index contributed by atoms with van der Waals surface area (Å²) in [5.74, 6) is -0.620. The molecule has 5 rings (SSSR count). The number of hydrogen-bond donors (Lipinski definition) is 0. The summed E-state index contributed by atoms with van der Waals surface area (Å²) in [5.41, 5.74) is 0.644. The highest BCUT2D eigenvalue weighted by molar-refractivity contribution is 7.16. The maximum atomic E-state index is 13.1. The molecule has 0 aliphatic heterocycles.